The zero-order valence-corrected chi connectivity index (χ0v) is 43.6. The van der Waals surface area contributed by atoms with Crippen LogP contribution >= 0.6 is 45.9 Å². The van der Waals surface area contributed by atoms with Crippen molar-refractivity contribution in [1.29, 1.82) is 0 Å². The SMILES string of the molecule is CCOC(=O)C1=C(CN2CC(/C=C/OC=O)CC(F)(F)C2)NC(c2nccs2)=N[C@H]1c1ccc(F)cc1Cl.CCOC(=O)C1=C(CN2C[C@@H](/C=C/OC=O)CC(F)(F)C2)NC(c2nccs2)=N[C@H]1c1ccc(F)cc1Cl. The molecular weight excluding hydrogens is 1090 g/mol. The molecule has 6 heterocycles. The summed E-state index contributed by atoms with van der Waals surface area (Å²) in [6.45, 7) is 2.96. The van der Waals surface area contributed by atoms with Crippen molar-refractivity contribution in [1.82, 2.24) is 30.4 Å². The third kappa shape index (κ3) is 14.9. The number of carbonyl (C=O) groups is 4. The molecule has 4 aliphatic rings. The third-order valence-corrected chi connectivity index (χ3v) is 14.0. The second-order valence-electron chi connectivity index (χ2n) is 17.3. The number of nitrogens with one attached hydrogen (secondary N) is 2. The van der Waals surface area contributed by atoms with Crippen molar-refractivity contribution >= 4 is 82.4 Å². The zero-order valence-electron chi connectivity index (χ0n) is 40.4. The number of rotatable bonds is 18. The molecule has 8 rings (SSSR count). The van der Waals surface area contributed by atoms with Crippen LogP contribution in [0.15, 0.2) is 117 Å². The van der Waals surface area contributed by atoms with Gasteiger partial charge in [0.25, 0.3) is 24.8 Å². The van der Waals surface area contributed by atoms with Crippen molar-refractivity contribution in [2.75, 3.05) is 52.5 Å². The highest BCUT2D eigenvalue weighted by atomic mass is 35.5. The molecule has 76 heavy (non-hydrogen) atoms. The Labute approximate surface area is 449 Å². The van der Waals surface area contributed by atoms with E-state index in [0.717, 1.165) is 24.7 Å². The molecule has 0 spiro atoms. The number of halogens is 8. The van der Waals surface area contributed by atoms with Crippen LogP contribution in [0.25, 0.3) is 0 Å². The van der Waals surface area contributed by atoms with Crippen LogP contribution in [0.2, 0.25) is 10.0 Å². The Morgan fingerprint density at radius 1 is 0.697 bits per heavy atom. The van der Waals surface area contributed by atoms with Gasteiger partial charge in [-0.25, -0.2) is 45.9 Å². The highest BCUT2D eigenvalue weighted by molar-refractivity contribution is 7.12. The van der Waals surface area contributed by atoms with Crippen molar-refractivity contribution in [3.05, 3.63) is 150 Å². The van der Waals surface area contributed by atoms with Gasteiger partial charge in [-0.15, -0.1) is 22.7 Å². The number of piperidine rings is 2. The van der Waals surface area contributed by atoms with Crippen molar-refractivity contribution in [3.63, 3.8) is 0 Å². The second-order valence-corrected chi connectivity index (χ2v) is 19.9. The number of thiazole rings is 2. The van der Waals surface area contributed by atoms with Gasteiger partial charge in [-0.2, -0.15) is 0 Å². The number of alkyl halides is 4. The minimum absolute atomic E-state index is 0.0465. The number of aromatic nitrogens is 2. The Hall–Kier alpha value is -6.44. The van der Waals surface area contributed by atoms with E-state index in [4.69, 9.17) is 32.7 Å². The lowest BCUT2D eigenvalue weighted by atomic mass is 9.93. The molecule has 0 radical (unpaired) electrons. The Morgan fingerprint density at radius 2 is 1.11 bits per heavy atom. The topological polar surface area (TPSA) is 186 Å². The highest BCUT2D eigenvalue weighted by Gasteiger charge is 2.43. The van der Waals surface area contributed by atoms with Crippen LogP contribution in [-0.2, 0) is 38.1 Å². The summed E-state index contributed by atoms with van der Waals surface area (Å²) in [5, 5.41) is 10.8. The second kappa shape index (κ2) is 26.1. The number of amidine groups is 2. The fourth-order valence-electron chi connectivity index (χ4n) is 8.93. The van der Waals surface area contributed by atoms with Crippen molar-refractivity contribution in [2.45, 2.75) is 50.6 Å². The summed E-state index contributed by atoms with van der Waals surface area (Å²) in [6, 6.07) is 5.49. The van der Waals surface area contributed by atoms with E-state index in [-0.39, 0.29) is 73.5 Å². The molecule has 0 amide bonds. The van der Waals surface area contributed by atoms with Gasteiger partial charge in [-0.05, 0) is 62.1 Å². The normalized spacial score (nSPS) is 21.7. The molecule has 2 saturated heterocycles. The van der Waals surface area contributed by atoms with Crippen molar-refractivity contribution < 1.29 is 64.5 Å². The summed E-state index contributed by atoms with van der Waals surface area (Å²) >= 11 is 15.3. The molecule has 26 heteroatoms. The Balaban J connectivity index is 0.000000221. The molecule has 0 saturated carbocycles. The van der Waals surface area contributed by atoms with E-state index in [1.54, 1.807) is 37.0 Å². The molecule has 4 aliphatic heterocycles. The van der Waals surface area contributed by atoms with E-state index in [2.05, 4.69) is 40.1 Å². The van der Waals surface area contributed by atoms with Crippen LogP contribution in [0.3, 0.4) is 0 Å². The summed E-state index contributed by atoms with van der Waals surface area (Å²) in [6.07, 6.45) is 7.31. The van der Waals surface area contributed by atoms with Crippen molar-refractivity contribution in [2.24, 2.45) is 21.8 Å². The van der Waals surface area contributed by atoms with Crippen LogP contribution in [-0.4, -0.2) is 121 Å². The van der Waals surface area contributed by atoms with E-state index in [1.807, 2.05) is 0 Å². The molecular formula is C50H48Cl2F6N8O8S2. The average Bonchev–Trinajstić information content (AvgIpc) is 4.10. The number of likely N-dealkylation sites (tertiary alicyclic amines) is 2. The highest BCUT2D eigenvalue weighted by Crippen LogP contribution is 2.40. The van der Waals surface area contributed by atoms with Crippen LogP contribution in [0.5, 0.6) is 0 Å². The monoisotopic (exact) mass is 1140 g/mol. The fraction of sp³-hybridized carbons (Fsp3) is 0.360. The lowest BCUT2D eigenvalue weighted by molar-refractivity contribution is -0.139. The minimum Gasteiger partial charge on any atom is -0.463 e. The summed E-state index contributed by atoms with van der Waals surface area (Å²) < 4.78 is 106. The molecule has 16 nitrogen and oxygen atoms in total. The lowest BCUT2D eigenvalue weighted by Crippen LogP contribution is -2.49. The van der Waals surface area contributed by atoms with Gasteiger partial charge in [0.1, 0.15) is 23.7 Å². The molecule has 404 valence electrons. The summed E-state index contributed by atoms with van der Waals surface area (Å²) in [5.74, 6) is -9.19. The maximum atomic E-state index is 14.7. The van der Waals surface area contributed by atoms with Gasteiger partial charge in [0.2, 0.25) is 0 Å². The number of carbonyl (C=O) groups excluding carboxylic acids is 4. The first-order valence-corrected chi connectivity index (χ1v) is 25.8. The van der Waals surface area contributed by atoms with E-state index in [0.29, 0.717) is 44.2 Å². The number of nitrogens with zero attached hydrogens (tertiary/aromatic N) is 6. The first-order chi connectivity index (χ1) is 36.4. The maximum Gasteiger partial charge on any atom is 0.338 e. The fourth-order valence-corrected chi connectivity index (χ4v) is 10.6. The molecule has 4 atom stereocenters. The van der Waals surface area contributed by atoms with E-state index < -0.39 is 85.3 Å². The van der Waals surface area contributed by atoms with Gasteiger partial charge in [0.15, 0.2) is 21.7 Å². The first-order valence-electron chi connectivity index (χ1n) is 23.3. The average molecular weight is 1140 g/mol. The smallest absolute Gasteiger partial charge is 0.338 e. The first kappa shape index (κ1) is 57.3. The quantitative estimate of drug-likeness (QED) is 0.0316. The minimum atomic E-state index is -3.03. The Kier molecular flexibility index (Phi) is 19.6. The van der Waals surface area contributed by atoms with Gasteiger partial charge in [0, 0.05) is 94.7 Å². The van der Waals surface area contributed by atoms with E-state index in [9.17, 15) is 45.5 Å². The molecule has 1 unspecified atom stereocenters. The van der Waals surface area contributed by atoms with Crippen LogP contribution < -0.4 is 10.6 Å². The van der Waals surface area contributed by atoms with Gasteiger partial charge >= 0.3 is 11.9 Å². The number of esters is 2. The largest absolute Gasteiger partial charge is 0.463 e. The molecule has 2 aromatic heterocycles. The predicted octanol–water partition coefficient (Wildman–Crippen LogP) is 8.98. The number of hydrogen-bond acceptors (Lipinski definition) is 18. The predicted molar refractivity (Wildman–Crippen MR) is 271 cm³/mol. The van der Waals surface area contributed by atoms with Crippen LogP contribution in [0.1, 0.15) is 59.9 Å². The summed E-state index contributed by atoms with van der Waals surface area (Å²) in [5.41, 5.74) is 1.43. The van der Waals surface area contributed by atoms with Gasteiger partial charge in [0.05, 0.1) is 50.0 Å². The zero-order chi connectivity index (χ0) is 54.6. The van der Waals surface area contributed by atoms with Gasteiger partial charge in [-0.1, -0.05) is 35.3 Å². The number of hydrogen-bond donors (Lipinski definition) is 2. The van der Waals surface area contributed by atoms with Crippen LogP contribution in [0.4, 0.5) is 26.3 Å². The number of aliphatic imine (C=N–C) groups is 2. The van der Waals surface area contributed by atoms with Crippen molar-refractivity contribution in [3.8, 4) is 0 Å². The Morgan fingerprint density at radius 3 is 1.45 bits per heavy atom. The van der Waals surface area contributed by atoms with E-state index in [1.165, 1.54) is 68.9 Å². The standard InChI is InChI=1S/2C25H24ClF3N4O4S/c2*1-2-37-24(35)20-19(12-33-11-15(5-7-36-14-34)10-25(28,29)13-33)31-22(23-30-6-8-38-23)32-21(20)17-4-3-16(27)9-18(17)26/h2*3-9,14-15,21H,2,10-13H2,1H3,(H,31,32)/b2*7-5+/t15?,21-;15-,21-/m00/s1. The molecule has 4 aromatic rings. The molecule has 0 bridgehead atoms. The van der Waals surface area contributed by atoms with E-state index >= 15 is 0 Å². The number of benzene rings is 2. The summed E-state index contributed by atoms with van der Waals surface area (Å²) in [4.78, 5) is 68.2. The lowest BCUT2D eigenvalue weighted by Gasteiger charge is -2.38. The molecule has 2 fully saturated rings. The summed E-state index contributed by atoms with van der Waals surface area (Å²) in [7, 11) is 0. The molecule has 0 aliphatic carbocycles. The molecule has 2 N–H and O–H groups in total. The molecule has 2 aromatic carbocycles. The Bertz CT molecular complexity index is 2730. The van der Waals surface area contributed by atoms with Crippen LogP contribution in [0, 0.1) is 23.5 Å². The maximum absolute atomic E-state index is 14.7. The van der Waals surface area contributed by atoms with Gasteiger partial charge in [-0.3, -0.25) is 29.4 Å². The number of ether oxygens (including phenoxy) is 4. The third-order valence-electron chi connectivity index (χ3n) is 11.8. The van der Waals surface area contributed by atoms with Gasteiger partial charge < -0.3 is 29.6 Å².